The lowest BCUT2D eigenvalue weighted by Crippen LogP contribution is -2.30. The van der Waals surface area contributed by atoms with Crippen LogP contribution in [-0.4, -0.2) is 24.2 Å². The molecule has 2 unspecified atom stereocenters. The third-order valence-electron chi connectivity index (χ3n) is 3.47. The number of nitrogens with one attached hydrogen (secondary N) is 1. The minimum atomic E-state index is -0.466. The summed E-state index contributed by atoms with van der Waals surface area (Å²) in [5, 5.41) is 14.3. The zero-order valence-corrected chi connectivity index (χ0v) is 11.5. The lowest BCUT2D eigenvalue weighted by atomic mass is 9.92. The summed E-state index contributed by atoms with van der Waals surface area (Å²) in [6.45, 7) is 0. The number of nitro groups is 1. The first kappa shape index (κ1) is 14.1. The van der Waals surface area contributed by atoms with Crippen LogP contribution in [0.1, 0.15) is 25.7 Å². The van der Waals surface area contributed by atoms with Gasteiger partial charge in [-0.15, -0.1) is 0 Å². The minimum absolute atomic E-state index is 0.0641. The van der Waals surface area contributed by atoms with Gasteiger partial charge in [-0.3, -0.25) is 10.1 Å². The summed E-state index contributed by atoms with van der Waals surface area (Å²) in [5.41, 5.74) is 0.670. The molecule has 1 aromatic carbocycles. The highest BCUT2D eigenvalue weighted by Crippen LogP contribution is 2.29. The smallest absolute Gasteiger partial charge is 0.289 e. The zero-order chi connectivity index (χ0) is 13.8. The van der Waals surface area contributed by atoms with Gasteiger partial charge in [-0.2, -0.15) is 0 Å². The Morgan fingerprint density at radius 2 is 2.26 bits per heavy atom. The molecule has 1 N–H and O–H groups in total. The van der Waals surface area contributed by atoms with E-state index in [0.717, 1.165) is 31.4 Å². The summed E-state index contributed by atoms with van der Waals surface area (Å²) in [4.78, 5) is 10.4. The molecule has 1 aromatic rings. The quantitative estimate of drug-likeness (QED) is 0.677. The summed E-state index contributed by atoms with van der Waals surface area (Å²) in [7, 11) is 1.72. The highest BCUT2D eigenvalue weighted by molar-refractivity contribution is 6.32. The van der Waals surface area contributed by atoms with Gasteiger partial charge in [-0.25, -0.2) is 0 Å². The Kier molecular flexibility index (Phi) is 4.61. The van der Waals surface area contributed by atoms with E-state index in [-0.39, 0.29) is 16.8 Å². The van der Waals surface area contributed by atoms with Crippen LogP contribution in [0.4, 0.5) is 11.4 Å². The molecule has 0 bridgehead atoms. The predicted molar refractivity (Wildman–Crippen MR) is 74.8 cm³/mol. The third kappa shape index (κ3) is 3.58. The van der Waals surface area contributed by atoms with E-state index < -0.39 is 4.92 Å². The Labute approximate surface area is 117 Å². The second-order valence-electron chi connectivity index (χ2n) is 4.79. The van der Waals surface area contributed by atoms with E-state index in [9.17, 15) is 10.1 Å². The molecule has 0 aromatic heterocycles. The van der Waals surface area contributed by atoms with Gasteiger partial charge in [0.15, 0.2) is 0 Å². The molecule has 1 aliphatic rings. The first-order chi connectivity index (χ1) is 9.10. The number of anilines is 1. The number of nitrogens with zero attached hydrogens (tertiary/aromatic N) is 1. The van der Waals surface area contributed by atoms with Crippen molar-refractivity contribution in [1.82, 2.24) is 0 Å². The van der Waals surface area contributed by atoms with Crippen molar-refractivity contribution < 1.29 is 9.66 Å². The zero-order valence-electron chi connectivity index (χ0n) is 10.8. The van der Waals surface area contributed by atoms with E-state index in [1.807, 2.05) is 0 Å². The average Bonchev–Trinajstić information content (AvgIpc) is 2.41. The Bertz CT molecular complexity index is 467. The van der Waals surface area contributed by atoms with E-state index in [4.69, 9.17) is 16.3 Å². The van der Waals surface area contributed by atoms with Crippen LogP contribution in [0.5, 0.6) is 0 Å². The monoisotopic (exact) mass is 284 g/mol. The van der Waals surface area contributed by atoms with Crippen LogP contribution in [0.2, 0.25) is 5.02 Å². The van der Waals surface area contributed by atoms with Crippen LogP contribution in [0.15, 0.2) is 18.2 Å². The summed E-state index contributed by atoms with van der Waals surface area (Å²) in [6.07, 6.45) is 4.43. The average molecular weight is 285 g/mol. The van der Waals surface area contributed by atoms with E-state index in [1.165, 1.54) is 6.07 Å². The van der Waals surface area contributed by atoms with E-state index in [0.29, 0.717) is 6.04 Å². The predicted octanol–water partition coefficient (Wildman–Crippen LogP) is 3.62. The van der Waals surface area contributed by atoms with Gasteiger partial charge in [-0.1, -0.05) is 11.6 Å². The van der Waals surface area contributed by atoms with Crippen molar-refractivity contribution in [3.8, 4) is 0 Å². The number of rotatable bonds is 4. The molecule has 5 nitrogen and oxygen atoms in total. The molecule has 0 spiro atoms. The molecule has 0 aliphatic heterocycles. The number of halogens is 1. The molecule has 19 heavy (non-hydrogen) atoms. The lowest BCUT2D eigenvalue weighted by molar-refractivity contribution is -0.384. The molecule has 0 radical (unpaired) electrons. The molecular formula is C13H17ClN2O3. The van der Waals surface area contributed by atoms with Gasteiger partial charge in [0.25, 0.3) is 5.69 Å². The van der Waals surface area contributed by atoms with Gasteiger partial charge in [0.1, 0.15) is 5.02 Å². The standard InChI is InChI=1S/C13H17ClN2O3/c1-19-11-4-2-3-9(7-11)15-10-5-6-12(14)13(8-10)16(17)18/h5-6,8-9,11,15H,2-4,7H2,1H3. The largest absolute Gasteiger partial charge is 0.382 e. The molecule has 104 valence electrons. The van der Waals surface area contributed by atoms with Gasteiger partial charge < -0.3 is 10.1 Å². The van der Waals surface area contributed by atoms with Gasteiger partial charge in [-0.05, 0) is 37.8 Å². The van der Waals surface area contributed by atoms with Crippen LogP contribution >= 0.6 is 11.6 Å². The number of benzene rings is 1. The van der Waals surface area contributed by atoms with Crippen molar-refractivity contribution in [2.45, 2.75) is 37.8 Å². The number of hydrogen-bond acceptors (Lipinski definition) is 4. The molecular weight excluding hydrogens is 268 g/mol. The normalized spacial score (nSPS) is 23.1. The maximum Gasteiger partial charge on any atom is 0.289 e. The summed E-state index contributed by atoms with van der Waals surface area (Å²) >= 11 is 5.79. The minimum Gasteiger partial charge on any atom is -0.382 e. The second-order valence-corrected chi connectivity index (χ2v) is 5.20. The Morgan fingerprint density at radius 3 is 2.95 bits per heavy atom. The Balaban J connectivity index is 2.06. The molecule has 6 heteroatoms. The van der Waals surface area contributed by atoms with Gasteiger partial charge >= 0.3 is 0 Å². The summed E-state index contributed by atoms with van der Waals surface area (Å²) in [5.74, 6) is 0. The van der Waals surface area contributed by atoms with Crippen molar-refractivity contribution in [3.63, 3.8) is 0 Å². The van der Waals surface area contributed by atoms with Crippen molar-refractivity contribution in [2.24, 2.45) is 0 Å². The number of hydrogen-bond donors (Lipinski definition) is 1. The molecule has 0 saturated heterocycles. The fourth-order valence-electron chi connectivity index (χ4n) is 2.47. The number of methoxy groups -OCH3 is 1. The molecule has 2 rings (SSSR count). The van der Waals surface area contributed by atoms with Crippen molar-refractivity contribution >= 4 is 23.0 Å². The molecule has 2 atom stereocenters. The van der Waals surface area contributed by atoms with Crippen LogP contribution in [0.25, 0.3) is 0 Å². The fraction of sp³-hybridized carbons (Fsp3) is 0.538. The Hall–Kier alpha value is -1.33. The Morgan fingerprint density at radius 1 is 1.47 bits per heavy atom. The van der Waals surface area contributed by atoms with E-state index in [1.54, 1.807) is 19.2 Å². The van der Waals surface area contributed by atoms with Crippen LogP contribution < -0.4 is 5.32 Å². The second kappa shape index (κ2) is 6.21. The highest BCUT2D eigenvalue weighted by atomic mass is 35.5. The van der Waals surface area contributed by atoms with Crippen molar-refractivity contribution in [3.05, 3.63) is 33.3 Å². The fourth-order valence-corrected chi connectivity index (χ4v) is 2.65. The molecule has 1 aliphatic carbocycles. The molecule has 0 amide bonds. The summed E-state index contributed by atoms with van der Waals surface area (Å²) in [6, 6.07) is 5.10. The third-order valence-corrected chi connectivity index (χ3v) is 3.79. The number of nitro benzene ring substituents is 1. The number of ether oxygens (including phenoxy) is 1. The molecule has 1 fully saturated rings. The first-order valence-corrected chi connectivity index (χ1v) is 6.71. The van der Waals surface area contributed by atoms with Crippen molar-refractivity contribution in [1.29, 1.82) is 0 Å². The summed E-state index contributed by atoms with van der Waals surface area (Å²) < 4.78 is 5.37. The van der Waals surface area contributed by atoms with Gasteiger partial charge in [0, 0.05) is 24.9 Å². The lowest BCUT2D eigenvalue weighted by Gasteiger charge is -2.29. The molecule has 1 saturated carbocycles. The van der Waals surface area contributed by atoms with Crippen molar-refractivity contribution in [2.75, 3.05) is 12.4 Å². The van der Waals surface area contributed by atoms with Gasteiger partial charge in [0.2, 0.25) is 0 Å². The van der Waals surface area contributed by atoms with Crippen LogP contribution in [0, 0.1) is 10.1 Å². The maximum absolute atomic E-state index is 10.8. The van der Waals surface area contributed by atoms with E-state index in [2.05, 4.69) is 5.32 Å². The van der Waals surface area contributed by atoms with Crippen LogP contribution in [-0.2, 0) is 4.74 Å². The molecule has 0 heterocycles. The van der Waals surface area contributed by atoms with Gasteiger partial charge in [0.05, 0.1) is 11.0 Å². The first-order valence-electron chi connectivity index (χ1n) is 6.33. The topological polar surface area (TPSA) is 64.4 Å². The van der Waals surface area contributed by atoms with Crippen LogP contribution in [0.3, 0.4) is 0 Å². The SMILES string of the molecule is COC1CCCC(Nc2ccc(Cl)c([N+](=O)[O-])c2)C1. The highest BCUT2D eigenvalue weighted by Gasteiger charge is 2.22. The maximum atomic E-state index is 10.8. The van der Waals surface area contributed by atoms with E-state index >= 15 is 0 Å².